The monoisotopic (exact) mass is 247 g/mol. The Hall–Kier alpha value is -1.40. The second-order valence-corrected chi connectivity index (χ2v) is 4.88. The molecule has 0 atom stereocenters. The summed E-state index contributed by atoms with van der Waals surface area (Å²) < 4.78 is 22.6. The van der Waals surface area contributed by atoms with Crippen LogP contribution < -0.4 is 0 Å². The van der Waals surface area contributed by atoms with Gasteiger partial charge in [-0.3, -0.25) is 10.1 Å². The highest BCUT2D eigenvalue weighted by Gasteiger charge is 2.18. The van der Waals surface area contributed by atoms with E-state index in [9.17, 15) is 18.5 Å². The predicted molar refractivity (Wildman–Crippen MR) is 55.5 cm³/mol. The largest absolute Gasteiger partial charge is 0.289 e. The minimum Gasteiger partial charge on any atom is -0.258 e. The molecule has 0 aliphatic rings. The number of rotatable bonds is 3. The lowest BCUT2D eigenvalue weighted by atomic mass is 10.3. The molecule has 5 nitrogen and oxygen atoms in total. The summed E-state index contributed by atoms with van der Waals surface area (Å²) in [5.74, 6) is 0. The average molecular weight is 248 g/mol. The van der Waals surface area contributed by atoms with Crippen molar-refractivity contribution < 1.29 is 13.3 Å². The third kappa shape index (κ3) is 2.34. The summed E-state index contributed by atoms with van der Waals surface area (Å²) in [7, 11) is -3.67. The topological polar surface area (TPSA) is 77.3 Å². The molecule has 0 bridgehead atoms. The number of hydrogen-bond donors (Lipinski definition) is 0. The Morgan fingerprint density at radius 1 is 1.47 bits per heavy atom. The van der Waals surface area contributed by atoms with Gasteiger partial charge >= 0.3 is 0 Å². The molecule has 0 aliphatic carbocycles. The maximum atomic E-state index is 11.3. The van der Waals surface area contributed by atoms with Gasteiger partial charge in [-0.05, 0) is 12.1 Å². The Labute approximate surface area is 91.1 Å². The van der Waals surface area contributed by atoms with Crippen LogP contribution in [0.1, 0.15) is 0 Å². The van der Waals surface area contributed by atoms with Crippen molar-refractivity contribution in [1.29, 1.82) is 0 Å². The van der Waals surface area contributed by atoms with Crippen molar-refractivity contribution in [2.45, 2.75) is 4.90 Å². The van der Waals surface area contributed by atoms with Crippen LogP contribution in [0.4, 0.5) is 5.69 Å². The van der Waals surface area contributed by atoms with E-state index in [-0.39, 0.29) is 9.92 Å². The third-order valence-electron chi connectivity index (χ3n) is 1.66. The van der Waals surface area contributed by atoms with E-state index in [4.69, 9.17) is 11.6 Å². The third-order valence-corrected chi connectivity index (χ3v) is 3.33. The van der Waals surface area contributed by atoms with E-state index in [0.717, 1.165) is 17.5 Å². The summed E-state index contributed by atoms with van der Waals surface area (Å²) in [6.45, 7) is 3.11. The number of halogens is 1. The van der Waals surface area contributed by atoms with Crippen LogP contribution in [0.15, 0.2) is 35.1 Å². The Kier molecular flexibility index (Phi) is 3.11. The Morgan fingerprint density at radius 3 is 2.53 bits per heavy atom. The minimum atomic E-state index is -3.67. The molecule has 0 aliphatic heterocycles. The first-order valence-corrected chi connectivity index (χ1v) is 5.62. The van der Waals surface area contributed by atoms with E-state index in [1.807, 2.05) is 0 Å². The van der Waals surface area contributed by atoms with Gasteiger partial charge in [-0.2, -0.15) is 0 Å². The molecule has 0 amide bonds. The number of nitro groups is 1. The van der Waals surface area contributed by atoms with Crippen molar-refractivity contribution in [3.05, 3.63) is 45.3 Å². The number of benzene rings is 1. The second kappa shape index (κ2) is 4.00. The highest BCUT2D eigenvalue weighted by atomic mass is 35.5. The zero-order valence-electron chi connectivity index (χ0n) is 7.38. The fraction of sp³-hybridized carbons (Fsp3) is 0. The average Bonchev–Trinajstić information content (AvgIpc) is 2.17. The summed E-state index contributed by atoms with van der Waals surface area (Å²) in [6, 6.07) is 3.25. The lowest BCUT2D eigenvalue weighted by Crippen LogP contribution is -1.97. The zero-order valence-corrected chi connectivity index (χ0v) is 8.96. The standard InChI is InChI=1S/C8H6ClNO4S/c1-2-15(13,14)6-3-4-7(9)8(5-6)10(11)12/h2-5H,1H2. The molecule has 80 valence electrons. The molecular weight excluding hydrogens is 242 g/mol. The van der Waals surface area contributed by atoms with Gasteiger partial charge in [-0.25, -0.2) is 8.42 Å². The number of sulfone groups is 1. The van der Waals surface area contributed by atoms with Crippen molar-refractivity contribution in [3.63, 3.8) is 0 Å². The van der Waals surface area contributed by atoms with Crippen molar-refractivity contribution >= 4 is 27.1 Å². The summed E-state index contributed by atoms with van der Waals surface area (Å²) in [5, 5.41) is 11.1. The maximum absolute atomic E-state index is 11.3. The van der Waals surface area contributed by atoms with Gasteiger partial charge in [-0.15, -0.1) is 0 Å². The Balaban J connectivity index is 3.44. The van der Waals surface area contributed by atoms with Crippen LogP contribution in [0.3, 0.4) is 0 Å². The van der Waals surface area contributed by atoms with Crippen LogP contribution in [-0.4, -0.2) is 13.3 Å². The summed E-state index contributed by atoms with van der Waals surface area (Å²) in [4.78, 5) is 9.54. The van der Waals surface area contributed by atoms with Crippen LogP contribution >= 0.6 is 11.6 Å². The SMILES string of the molecule is C=CS(=O)(=O)c1ccc(Cl)c([N+](=O)[O-])c1. The van der Waals surface area contributed by atoms with Gasteiger partial charge in [0.1, 0.15) is 5.02 Å². The van der Waals surface area contributed by atoms with Gasteiger partial charge in [0.15, 0.2) is 9.84 Å². The van der Waals surface area contributed by atoms with E-state index in [2.05, 4.69) is 6.58 Å². The van der Waals surface area contributed by atoms with Gasteiger partial charge < -0.3 is 0 Å². The lowest BCUT2D eigenvalue weighted by molar-refractivity contribution is -0.384. The summed E-state index contributed by atoms with van der Waals surface area (Å²) in [5.41, 5.74) is -0.445. The number of nitro benzene ring substituents is 1. The van der Waals surface area contributed by atoms with Crippen molar-refractivity contribution in [2.24, 2.45) is 0 Å². The summed E-state index contributed by atoms with van der Waals surface area (Å²) in [6.07, 6.45) is 0. The Bertz CT molecular complexity index is 523. The quantitative estimate of drug-likeness (QED) is 0.606. The fourth-order valence-corrected chi connectivity index (χ4v) is 1.82. The molecule has 1 aromatic rings. The van der Waals surface area contributed by atoms with E-state index >= 15 is 0 Å². The zero-order chi connectivity index (χ0) is 11.6. The maximum Gasteiger partial charge on any atom is 0.289 e. The van der Waals surface area contributed by atoms with E-state index < -0.39 is 20.4 Å². The highest BCUT2D eigenvalue weighted by molar-refractivity contribution is 7.94. The summed E-state index contributed by atoms with van der Waals surface area (Å²) >= 11 is 5.52. The molecule has 1 aromatic carbocycles. The van der Waals surface area contributed by atoms with Crippen LogP contribution in [0.25, 0.3) is 0 Å². The molecule has 7 heteroatoms. The van der Waals surface area contributed by atoms with Crippen molar-refractivity contribution in [3.8, 4) is 0 Å². The van der Waals surface area contributed by atoms with Crippen molar-refractivity contribution in [2.75, 3.05) is 0 Å². The van der Waals surface area contributed by atoms with Crippen LogP contribution in [-0.2, 0) is 9.84 Å². The predicted octanol–water partition coefficient (Wildman–Crippen LogP) is 2.17. The molecule has 0 saturated heterocycles. The highest BCUT2D eigenvalue weighted by Crippen LogP contribution is 2.27. The van der Waals surface area contributed by atoms with Gasteiger partial charge in [0.25, 0.3) is 5.69 Å². The molecule has 0 unspecified atom stereocenters. The lowest BCUT2D eigenvalue weighted by Gasteiger charge is -1.99. The molecule has 0 spiro atoms. The molecule has 0 aromatic heterocycles. The van der Waals surface area contributed by atoms with Crippen molar-refractivity contribution in [1.82, 2.24) is 0 Å². The molecular formula is C8H6ClNO4S. The number of hydrogen-bond acceptors (Lipinski definition) is 4. The number of nitrogens with zero attached hydrogens (tertiary/aromatic N) is 1. The van der Waals surface area contributed by atoms with Crippen LogP contribution in [0.2, 0.25) is 5.02 Å². The van der Waals surface area contributed by atoms with Crippen LogP contribution in [0, 0.1) is 10.1 Å². The molecule has 15 heavy (non-hydrogen) atoms. The van der Waals surface area contributed by atoms with Gasteiger partial charge in [0, 0.05) is 11.5 Å². The normalized spacial score (nSPS) is 11.0. The van der Waals surface area contributed by atoms with E-state index in [1.54, 1.807) is 0 Å². The van der Waals surface area contributed by atoms with Gasteiger partial charge in [-0.1, -0.05) is 18.2 Å². The van der Waals surface area contributed by atoms with E-state index in [0.29, 0.717) is 0 Å². The smallest absolute Gasteiger partial charge is 0.258 e. The fourth-order valence-electron chi connectivity index (χ4n) is 0.906. The molecule has 0 fully saturated rings. The molecule has 1 rings (SSSR count). The van der Waals surface area contributed by atoms with E-state index in [1.165, 1.54) is 6.07 Å². The first kappa shape index (κ1) is 11.7. The molecule has 0 N–H and O–H groups in total. The first-order valence-electron chi connectivity index (χ1n) is 3.70. The van der Waals surface area contributed by atoms with Crippen LogP contribution in [0.5, 0.6) is 0 Å². The molecule has 0 saturated carbocycles. The molecule has 0 heterocycles. The Morgan fingerprint density at radius 2 is 2.07 bits per heavy atom. The van der Waals surface area contributed by atoms with Gasteiger partial charge in [0.05, 0.1) is 9.82 Å². The minimum absolute atomic E-state index is 0.108. The first-order chi connectivity index (χ1) is 6.88. The van der Waals surface area contributed by atoms with Gasteiger partial charge in [0.2, 0.25) is 0 Å². The second-order valence-electron chi connectivity index (χ2n) is 2.58. The molecule has 0 radical (unpaired) electrons.